The third-order valence-corrected chi connectivity index (χ3v) is 5.99. The maximum absolute atomic E-state index is 13.8. The molecule has 0 spiro atoms. The van der Waals surface area contributed by atoms with Gasteiger partial charge in [-0.25, -0.2) is 0 Å². The van der Waals surface area contributed by atoms with E-state index < -0.39 is 29.4 Å². The zero-order valence-corrected chi connectivity index (χ0v) is 19.5. The second-order valence-electron chi connectivity index (χ2n) is 8.82. The summed E-state index contributed by atoms with van der Waals surface area (Å²) >= 11 is 0. The first-order valence-electron chi connectivity index (χ1n) is 11.1. The monoisotopic (exact) mass is 493 g/mol. The number of ketones is 1. The molecule has 0 amide bonds. The molecule has 186 valence electrons. The van der Waals surface area contributed by atoms with Crippen LogP contribution in [-0.2, 0) is 23.6 Å². The number of benzene rings is 2. The number of rotatable bonds is 7. The molecular formula is C27H25F6NO. The Labute approximate surface area is 200 Å². The van der Waals surface area contributed by atoms with Gasteiger partial charge in [0.15, 0.2) is 0 Å². The number of alkyl halides is 6. The Morgan fingerprint density at radius 2 is 1.54 bits per heavy atom. The summed E-state index contributed by atoms with van der Waals surface area (Å²) in [7, 11) is 0. The van der Waals surface area contributed by atoms with E-state index in [1.165, 1.54) is 6.20 Å². The molecule has 0 aliphatic heterocycles. The maximum atomic E-state index is 13.8. The van der Waals surface area contributed by atoms with E-state index in [1.54, 1.807) is 0 Å². The number of halogens is 6. The van der Waals surface area contributed by atoms with E-state index in [9.17, 15) is 31.1 Å². The molecule has 2 nitrogen and oxygen atoms in total. The van der Waals surface area contributed by atoms with Crippen LogP contribution in [-0.4, -0.2) is 10.8 Å². The highest BCUT2D eigenvalue weighted by atomic mass is 19.4. The van der Waals surface area contributed by atoms with Crippen molar-refractivity contribution in [3.63, 3.8) is 0 Å². The van der Waals surface area contributed by atoms with Gasteiger partial charge in [-0.05, 0) is 59.4 Å². The number of aryl methyl sites for hydroxylation is 1. The molecule has 1 atom stereocenters. The van der Waals surface area contributed by atoms with Gasteiger partial charge in [-0.3, -0.25) is 9.78 Å². The van der Waals surface area contributed by atoms with Crippen molar-refractivity contribution in [1.82, 2.24) is 4.98 Å². The summed E-state index contributed by atoms with van der Waals surface area (Å²) in [5.41, 5.74) is 0.506. The average molecular weight is 493 g/mol. The van der Waals surface area contributed by atoms with Crippen molar-refractivity contribution in [3.8, 4) is 0 Å². The summed E-state index contributed by atoms with van der Waals surface area (Å²) < 4.78 is 80.4. The average Bonchev–Trinajstić information content (AvgIpc) is 2.77. The van der Waals surface area contributed by atoms with Gasteiger partial charge in [0.25, 0.3) is 0 Å². The van der Waals surface area contributed by atoms with Crippen molar-refractivity contribution in [2.45, 2.75) is 57.8 Å². The van der Waals surface area contributed by atoms with Crippen molar-refractivity contribution >= 4 is 5.78 Å². The minimum Gasteiger partial charge on any atom is -0.299 e. The highest BCUT2D eigenvalue weighted by molar-refractivity contribution is 5.83. The van der Waals surface area contributed by atoms with Crippen LogP contribution >= 0.6 is 0 Å². The SMILES string of the molecule is Cc1cccc(C(C)C)c1CC(=O)C[C@@H](c1ccc(C(F)(F)F)cc1)c1ncccc1C(F)(F)F. The quantitative estimate of drug-likeness (QED) is 0.313. The van der Waals surface area contributed by atoms with Crippen LogP contribution < -0.4 is 0 Å². The lowest BCUT2D eigenvalue weighted by Gasteiger charge is -2.22. The summed E-state index contributed by atoms with van der Waals surface area (Å²) in [6.45, 7) is 5.83. The van der Waals surface area contributed by atoms with E-state index in [-0.39, 0.29) is 35.8 Å². The maximum Gasteiger partial charge on any atom is 0.418 e. The van der Waals surface area contributed by atoms with E-state index in [1.807, 2.05) is 39.0 Å². The van der Waals surface area contributed by atoms with Gasteiger partial charge in [-0.1, -0.05) is 44.2 Å². The largest absolute Gasteiger partial charge is 0.418 e. The number of carbonyl (C=O) groups is 1. The lowest BCUT2D eigenvalue weighted by Crippen LogP contribution is -2.18. The molecule has 1 aromatic heterocycles. The smallest absolute Gasteiger partial charge is 0.299 e. The molecule has 3 rings (SSSR count). The molecule has 0 aliphatic rings. The number of Topliss-reactive ketones (excluding diaryl/α,β-unsaturated/α-hetero) is 1. The van der Waals surface area contributed by atoms with Gasteiger partial charge in [0.05, 0.1) is 16.8 Å². The second-order valence-corrected chi connectivity index (χ2v) is 8.82. The molecule has 0 radical (unpaired) electrons. The van der Waals surface area contributed by atoms with E-state index in [0.717, 1.165) is 53.1 Å². The van der Waals surface area contributed by atoms with E-state index in [0.29, 0.717) is 0 Å². The fourth-order valence-electron chi connectivity index (χ4n) is 4.22. The lowest BCUT2D eigenvalue weighted by atomic mass is 9.84. The summed E-state index contributed by atoms with van der Waals surface area (Å²) in [6, 6.07) is 11.5. The van der Waals surface area contributed by atoms with Crippen molar-refractivity contribution in [3.05, 3.63) is 99.9 Å². The van der Waals surface area contributed by atoms with Crippen LogP contribution in [0.1, 0.15) is 71.2 Å². The normalized spacial score (nSPS) is 13.2. The molecule has 3 aromatic rings. The fourth-order valence-corrected chi connectivity index (χ4v) is 4.22. The third-order valence-electron chi connectivity index (χ3n) is 5.99. The third kappa shape index (κ3) is 6.29. The molecule has 0 aliphatic carbocycles. The zero-order chi connectivity index (χ0) is 26.0. The molecule has 35 heavy (non-hydrogen) atoms. The molecule has 8 heteroatoms. The Morgan fingerprint density at radius 1 is 0.886 bits per heavy atom. The lowest BCUT2D eigenvalue weighted by molar-refractivity contribution is -0.139. The number of hydrogen-bond acceptors (Lipinski definition) is 2. The fraction of sp³-hybridized carbons (Fsp3) is 0.333. The van der Waals surface area contributed by atoms with Crippen LogP contribution in [0, 0.1) is 6.92 Å². The molecule has 0 fully saturated rings. The van der Waals surface area contributed by atoms with Gasteiger partial charge < -0.3 is 0 Å². The Morgan fingerprint density at radius 3 is 2.11 bits per heavy atom. The summed E-state index contributed by atoms with van der Waals surface area (Å²) in [5.74, 6) is -1.35. The van der Waals surface area contributed by atoms with Crippen LogP contribution in [0.25, 0.3) is 0 Å². The van der Waals surface area contributed by atoms with Crippen LogP contribution in [0.3, 0.4) is 0 Å². The number of pyridine rings is 1. The van der Waals surface area contributed by atoms with Gasteiger partial charge in [-0.15, -0.1) is 0 Å². The summed E-state index contributed by atoms with van der Waals surface area (Å²) in [4.78, 5) is 17.1. The van der Waals surface area contributed by atoms with Crippen molar-refractivity contribution in [1.29, 1.82) is 0 Å². The minimum atomic E-state index is -4.74. The molecule has 0 saturated heterocycles. The Kier molecular flexibility index (Phi) is 7.72. The first-order chi connectivity index (χ1) is 16.3. The predicted molar refractivity (Wildman–Crippen MR) is 121 cm³/mol. The highest BCUT2D eigenvalue weighted by Crippen LogP contribution is 2.39. The highest BCUT2D eigenvalue weighted by Gasteiger charge is 2.37. The molecule has 0 saturated carbocycles. The topological polar surface area (TPSA) is 30.0 Å². The van der Waals surface area contributed by atoms with Crippen LogP contribution in [0.4, 0.5) is 26.3 Å². The Balaban J connectivity index is 2.03. The van der Waals surface area contributed by atoms with Crippen molar-refractivity contribution in [2.75, 3.05) is 0 Å². The molecular weight excluding hydrogens is 468 g/mol. The summed E-state index contributed by atoms with van der Waals surface area (Å²) in [6.07, 6.45) is -8.48. The second kappa shape index (κ2) is 10.2. The molecule has 1 heterocycles. The predicted octanol–water partition coefficient (Wildman–Crippen LogP) is 7.88. The van der Waals surface area contributed by atoms with E-state index in [2.05, 4.69) is 4.98 Å². The Bertz CT molecular complexity index is 1180. The van der Waals surface area contributed by atoms with Crippen molar-refractivity contribution < 1.29 is 31.1 Å². The van der Waals surface area contributed by atoms with Gasteiger partial charge >= 0.3 is 12.4 Å². The van der Waals surface area contributed by atoms with Gasteiger partial charge in [0.1, 0.15) is 5.78 Å². The van der Waals surface area contributed by atoms with Crippen molar-refractivity contribution in [2.24, 2.45) is 0 Å². The minimum absolute atomic E-state index is 0.00546. The van der Waals surface area contributed by atoms with Crippen LogP contribution in [0.15, 0.2) is 60.8 Å². The molecule has 2 aromatic carbocycles. The first kappa shape index (κ1) is 26.4. The molecule has 0 bridgehead atoms. The zero-order valence-electron chi connectivity index (χ0n) is 19.5. The number of hydrogen-bond donors (Lipinski definition) is 0. The van der Waals surface area contributed by atoms with E-state index >= 15 is 0 Å². The number of aromatic nitrogens is 1. The molecule has 0 unspecified atom stereocenters. The number of nitrogens with zero attached hydrogens (tertiary/aromatic N) is 1. The molecule has 0 N–H and O–H groups in total. The summed E-state index contributed by atoms with van der Waals surface area (Å²) in [5, 5.41) is 0. The van der Waals surface area contributed by atoms with Gasteiger partial charge in [0.2, 0.25) is 0 Å². The number of carbonyl (C=O) groups excluding carboxylic acids is 1. The first-order valence-corrected chi connectivity index (χ1v) is 11.1. The Hall–Kier alpha value is -3.16. The van der Waals surface area contributed by atoms with Crippen LogP contribution in [0.2, 0.25) is 0 Å². The van der Waals surface area contributed by atoms with Gasteiger partial charge in [0, 0.05) is 25.0 Å². The van der Waals surface area contributed by atoms with Gasteiger partial charge in [-0.2, -0.15) is 26.3 Å². The standard InChI is InChI=1S/C27H25F6NO/c1-16(2)21-7-4-6-17(3)22(21)14-20(35)15-23(18-9-11-19(12-10-18)26(28,29)30)25-24(27(31,32)33)8-5-13-34-25/h4-13,16,23H,14-15H2,1-3H3/t23-/m0/s1. The van der Waals surface area contributed by atoms with E-state index in [4.69, 9.17) is 0 Å². The van der Waals surface area contributed by atoms with Crippen LogP contribution in [0.5, 0.6) is 0 Å².